The Balaban J connectivity index is 1.79. The van der Waals surface area contributed by atoms with Gasteiger partial charge in [0.1, 0.15) is 0 Å². The molecule has 1 aliphatic carbocycles. The Kier molecular flexibility index (Phi) is 4.59. The predicted molar refractivity (Wildman–Crippen MR) is 78.3 cm³/mol. The first-order chi connectivity index (χ1) is 9.06. The van der Waals surface area contributed by atoms with Crippen molar-refractivity contribution >= 4 is 5.91 Å². The van der Waals surface area contributed by atoms with Gasteiger partial charge in [0.05, 0.1) is 6.54 Å². The van der Waals surface area contributed by atoms with E-state index >= 15 is 0 Å². The molecule has 1 aliphatic rings. The van der Waals surface area contributed by atoms with Crippen LogP contribution < -0.4 is 5.32 Å². The number of carbonyl (C=O) groups is 1. The predicted octanol–water partition coefficient (Wildman–Crippen LogP) is 2.06. The molecule has 19 heavy (non-hydrogen) atoms. The molecular formula is C16H24N2O. The van der Waals surface area contributed by atoms with E-state index < -0.39 is 0 Å². The van der Waals surface area contributed by atoms with E-state index in [2.05, 4.69) is 37.4 Å². The van der Waals surface area contributed by atoms with E-state index in [9.17, 15) is 4.79 Å². The van der Waals surface area contributed by atoms with E-state index in [1.54, 1.807) is 0 Å². The molecular weight excluding hydrogens is 236 g/mol. The lowest BCUT2D eigenvalue weighted by atomic mass is 10.0. The van der Waals surface area contributed by atoms with E-state index in [1.807, 2.05) is 11.9 Å². The monoisotopic (exact) mass is 260 g/mol. The molecule has 0 heterocycles. The van der Waals surface area contributed by atoms with Crippen LogP contribution in [0.2, 0.25) is 0 Å². The summed E-state index contributed by atoms with van der Waals surface area (Å²) in [6.45, 7) is 5.51. The zero-order valence-electron chi connectivity index (χ0n) is 12.2. The number of nitrogens with zero attached hydrogens (tertiary/aromatic N) is 1. The summed E-state index contributed by atoms with van der Waals surface area (Å²) in [6, 6.07) is 7.10. The van der Waals surface area contributed by atoms with E-state index in [1.165, 1.54) is 29.5 Å². The van der Waals surface area contributed by atoms with Crippen molar-refractivity contribution in [3.8, 4) is 0 Å². The number of rotatable bonds is 6. The van der Waals surface area contributed by atoms with Gasteiger partial charge in [0.15, 0.2) is 0 Å². The number of nitrogens with one attached hydrogen (secondary N) is 1. The smallest absolute Gasteiger partial charge is 0.236 e. The van der Waals surface area contributed by atoms with Crippen molar-refractivity contribution in [1.29, 1.82) is 0 Å². The molecule has 1 N–H and O–H groups in total. The molecule has 0 aliphatic heterocycles. The fourth-order valence-corrected chi connectivity index (χ4v) is 2.14. The van der Waals surface area contributed by atoms with Crippen molar-refractivity contribution in [3.05, 3.63) is 34.9 Å². The number of aryl methyl sites for hydroxylation is 2. The van der Waals surface area contributed by atoms with Crippen LogP contribution in [0.3, 0.4) is 0 Å². The lowest BCUT2D eigenvalue weighted by Crippen LogP contribution is -2.37. The summed E-state index contributed by atoms with van der Waals surface area (Å²) in [5, 5.41) is 3.26. The lowest BCUT2D eigenvalue weighted by Gasteiger charge is -2.18. The van der Waals surface area contributed by atoms with Crippen molar-refractivity contribution in [1.82, 2.24) is 10.2 Å². The fourth-order valence-electron chi connectivity index (χ4n) is 2.14. The maximum atomic E-state index is 11.9. The minimum absolute atomic E-state index is 0.192. The molecule has 0 saturated heterocycles. The van der Waals surface area contributed by atoms with Gasteiger partial charge in [0.2, 0.25) is 5.91 Å². The summed E-state index contributed by atoms with van der Waals surface area (Å²) in [4.78, 5) is 13.7. The van der Waals surface area contributed by atoms with Crippen LogP contribution in [-0.2, 0) is 11.2 Å². The third-order valence-electron chi connectivity index (χ3n) is 3.77. The van der Waals surface area contributed by atoms with E-state index in [0.717, 1.165) is 13.0 Å². The topological polar surface area (TPSA) is 32.3 Å². The molecule has 1 fully saturated rings. The maximum Gasteiger partial charge on any atom is 0.236 e. The average molecular weight is 260 g/mol. The van der Waals surface area contributed by atoms with E-state index in [-0.39, 0.29) is 5.91 Å². The van der Waals surface area contributed by atoms with Crippen LogP contribution in [0.15, 0.2) is 18.2 Å². The molecule has 1 saturated carbocycles. The van der Waals surface area contributed by atoms with Gasteiger partial charge >= 0.3 is 0 Å². The Morgan fingerprint density at radius 3 is 2.79 bits per heavy atom. The number of likely N-dealkylation sites (N-methyl/N-ethyl adjacent to an activating group) is 1. The summed E-state index contributed by atoms with van der Waals surface area (Å²) in [7, 11) is 1.89. The average Bonchev–Trinajstić information content (AvgIpc) is 3.20. The fraction of sp³-hybridized carbons (Fsp3) is 0.562. The first-order valence-corrected chi connectivity index (χ1v) is 7.10. The number of hydrogen-bond donors (Lipinski definition) is 1. The third-order valence-corrected chi connectivity index (χ3v) is 3.77. The van der Waals surface area contributed by atoms with Crippen molar-refractivity contribution in [2.45, 2.75) is 39.2 Å². The number of hydrogen-bond acceptors (Lipinski definition) is 2. The second-order valence-corrected chi connectivity index (χ2v) is 5.65. The molecule has 1 amide bonds. The summed E-state index contributed by atoms with van der Waals surface area (Å²) >= 11 is 0. The standard InChI is InChI=1S/C16H24N2O/c1-12-4-5-13(2)14(10-12)8-9-18(3)16(19)11-17-15-6-7-15/h4-5,10,15,17H,6-9,11H2,1-3H3. The van der Waals surface area contributed by atoms with Crippen LogP contribution in [0.1, 0.15) is 29.5 Å². The van der Waals surface area contributed by atoms with Gasteiger partial charge in [-0.1, -0.05) is 23.8 Å². The summed E-state index contributed by atoms with van der Waals surface area (Å²) in [6.07, 6.45) is 3.37. The zero-order valence-corrected chi connectivity index (χ0v) is 12.2. The molecule has 0 radical (unpaired) electrons. The van der Waals surface area contributed by atoms with Gasteiger partial charge in [-0.3, -0.25) is 4.79 Å². The zero-order chi connectivity index (χ0) is 13.8. The molecule has 104 valence electrons. The quantitative estimate of drug-likeness (QED) is 0.849. The lowest BCUT2D eigenvalue weighted by molar-refractivity contribution is -0.128. The van der Waals surface area contributed by atoms with Crippen molar-refractivity contribution in [2.75, 3.05) is 20.1 Å². The molecule has 3 heteroatoms. The summed E-state index contributed by atoms with van der Waals surface area (Å²) in [5.74, 6) is 0.192. The van der Waals surface area contributed by atoms with Crippen molar-refractivity contribution < 1.29 is 4.79 Å². The first kappa shape index (κ1) is 14.1. The molecule has 0 aromatic heterocycles. The molecule has 0 spiro atoms. The minimum atomic E-state index is 0.192. The highest BCUT2D eigenvalue weighted by Gasteiger charge is 2.21. The number of benzene rings is 1. The van der Waals surface area contributed by atoms with E-state index in [0.29, 0.717) is 12.6 Å². The minimum Gasteiger partial charge on any atom is -0.344 e. The van der Waals surface area contributed by atoms with Gasteiger partial charge in [0.25, 0.3) is 0 Å². The van der Waals surface area contributed by atoms with E-state index in [4.69, 9.17) is 0 Å². The molecule has 2 rings (SSSR count). The summed E-state index contributed by atoms with van der Waals surface area (Å²) < 4.78 is 0. The highest BCUT2D eigenvalue weighted by atomic mass is 16.2. The van der Waals surface area contributed by atoms with Crippen molar-refractivity contribution in [2.24, 2.45) is 0 Å². The van der Waals surface area contributed by atoms with Gasteiger partial charge < -0.3 is 10.2 Å². The molecule has 0 unspecified atom stereocenters. The van der Waals surface area contributed by atoms with Crippen LogP contribution in [0.4, 0.5) is 0 Å². The molecule has 0 bridgehead atoms. The van der Waals surface area contributed by atoms with Gasteiger partial charge in [-0.15, -0.1) is 0 Å². The Bertz CT molecular complexity index is 452. The molecule has 3 nitrogen and oxygen atoms in total. The molecule has 0 atom stereocenters. The van der Waals surface area contributed by atoms with Crippen LogP contribution >= 0.6 is 0 Å². The molecule has 1 aromatic carbocycles. The normalized spacial score (nSPS) is 14.5. The van der Waals surface area contributed by atoms with Crippen LogP contribution in [0.5, 0.6) is 0 Å². The van der Waals surface area contributed by atoms with Crippen LogP contribution in [0, 0.1) is 13.8 Å². The highest BCUT2D eigenvalue weighted by Crippen LogP contribution is 2.18. The Morgan fingerprint density at radius 1 is 1.37 bits per heavy atom. The number of amides is 1. The SMILES string of the molecule is Cc1ccc(C)c(CCN(C)C(=O)CNC2CC2)c1. The largest absolute Gasteiger partial charge is 0.344 e. The second kappa shape index (κ2) is 6.20. The maximum absolute atomic E-state index is 11.9. The second-order valence-electron chi connectivity index (χ2n) is 5.65. The first-order valence-electron chi connectivity index (χ1n) is 7.10. The van der Waals surface area contributed by atoms with Gasteiger partial charge in [-0.25, -0.2) is 0 Å². The molecule has 1 aromatic rings. The highest BCUT2D eigenvalue weighted by molar-refractivity contribution is 5.78. The van der Waals surface area contributed by atoms with Gasteiger partial charge in [-0.2, -0.15) is 0 Å². The number of carbonyl (C=O) groups excluding carboxylic acids is 1. The van der Waals surface area contributed by atoms with Crippen LogP contribution in [-0.4, -0.2) is 37.0 Å². The summed E-state index contributed by atoms with van der Waals surface area (Å²) in [5.41, 5.74) is 3.93. The van der Waals surface area contributed by atoms with Crippen LogP contribution in [0.25, 0.3) is 0 Å². The Labute approximate surface area is 116 Å². The van der Waals surface area contributed by atoms with Crippen molar-refractivity contribution in [3.63, 3.8) is 0 Å². The Hall–Kier alpha value is -1.35. The third kappa shape index (κ3) is 4.35. The Morgan fingerprint density at radius 2 is 2.11 bits per heavy atom. The van der Waals surface area contributed by atoms with Gasteiger partial charge in [0, 0.05) is 19.6 Å². The van der Waals surface area contributed by atoms with Gasteiger partial charge in [-0.05, 0) is 44.2 Å².